The molecule has 2 heterocycles. The van der Waals surface area contributed by atoms with Gasteiger partial charge < -0.3 is 5.32 Å². The van der Waals surface area contributed by atoms with Crippen molar-refractivity contribution in [1.29, 1.82) is 0 Å². The van der Waals surface area contributed by atoms with Gasteiger partial charge in [0.2, 0.25) is 0 Å². The van der Waals surface area contributed by atoms with Gasteiger partial charge in [-0.1, -0.05) is 0 Å². The van der Waals surface area contributed by atoms with Gasteiger partial charge in [-0.05, 0) is 33.7 Å². The van der Waals surface area contributed by atoms with Crippen LogP contribution in [0.3, 0.4) is 0 Å². The van der Waals surface area contributed by atoms with Crippen molar-refractivity contribution in [2.75, 3.05) is 13.1 Å². The molecule has 16 heavy (non-hydrogen) atoms. The smallest absolute Gasteiger partial charge is 0.0794 e. The largest absolute Gasteiger partial charge is 0.310 e. The van der Waals surface area contributed by atoms with Crippen molar-refractivity contribution < 1.29 is 0 Å². The molecule has 1 N–H and O–H groups in total. The standard InChI is InChI=1S/C12H21N3S/c1-10-4-5-14-12(2,3)8-15(10)7-11-6-13-9-16-11/h6,9-10,14H,4-5,7-8H2,1-3H3. The van der Waals surface area contributed by atoms with Gasteiger partial charge in [0.15, 0.2) is 0 Å². The Bertz CT molecular complexity index is 321. The van der Waals surface area contributed by atoms with Crippen molar-refractivity contribution >= 4 is 11.3 Å². The van der Waals surface area contributed by atoms with Crippen LogP contribution in [-0.4, -0.2) is 34.6 Å². The molecule has 0 bridgehead atoms. The molecule has 4 heteroatoms. The molecule has 2 rings (SSSR count). The van der Waals surface area contributed by atoms with Crippen molar-refractivity contribution in [3.63, 3.8) is 0 Å². The van der Waals surface area contributed by atoms with Crippen molar-refractivity contribution in [3.05, 3.63) is 16.6 Å². The van der Waals surface area contributed by atoms with Gasteiger partial charge in [0.05, 0.1) is 5.51 Å². The predicted octanol–water partition coefficient (Wildman–Crippen LogP) is 2.11. The highest BCUT2D eigenvalue weighted by atomic mass is 32.1. The highest BCUT2D eigenvalue weighted by molar-refractivity contribution is 7.09. The van der Waals surface area contributed by atoms with Crippen LogP contribution in [0.1, 0.15) is 32.1 Å². The van der Waals surface area contributed by atoms with E-state index in [1.165, 1.54) is 11.3 Å². The second kappa shape index (κ2) is 4.82. The summed E-state index contributed by atoms with van der Waals surface area (Å²) in [5.74, 6) is 0. The molecule has 90 valence electrons. The number of nitrogens with one attached hydrogen (secondary N) is 1. The molecule has 0 amide bonds. The van der Waals surface area contributed by atoms with E-state index < -0.39 is 0 Å². The van der Waals surface area contributed by atoms with Crippen LogP contribution < -0.4 is 5.32 Å². The number of hydrogen-bond donors (Lipinski definition) is 1. The number of thiazole rings is 1. The first-order valence-electron chi connectivity index (χ1n) is 5.93. The Hall–Kier alpha value is -0.450. The number of hydrogen-bond acceptors (Lipinski definition) is 4. The Morgan fingerprint density at radius 1 is 1.62 bits per heavy atom. The first kappa shape index (κ1) is 12.0. The summed E-state index contributed by atoms with van der Waals surface area (Å²) in [6.07, 6.45) is 3.21. The molecule has 1 atom stereocenters. The number of aromatic nitrogens is 1. The van der Waals surface area contributed by atoms with Gasteiger partial charge in [-0.15, -0.1) is 11.3 Å². The summed E-state index contributed by atoms with van der Waals surface area (Å²) < 4.78 is 0. The van der Waals surface area contributed by atoms with E-state index >= 15 is 0 Å². The molecule has 3 nitrogen and oxygen atoms in total. The quantitative estimate of drug-likeness (QED) is 0.856. The van der Waals surface area contributed by atoms with E-state index in [0.717, 1.165) is 19.6 Å². The highest BCUT2D eigenvalue weighted by Gasteiger charge is 2.27. The molecule has 1 saturated heterocycles. The molecule has 1 unspecified atom stereocenters. The van der Waals surface area contributed by atoms with Crippen LogP contribution in [0.4, 0.5) is 0 Å². The Morgan fingerprint density at radius 2 is 2.44 bits per heavy atom. The molecule has 0 radical (unpaired) electrons. The molecule has 0 aliphatic carbocycles. The summed E-state index contributed by atoms with van der Waals surface area (Å²) in [6, 6.07) is 0.649. The minimum absolute atomic E-state index is 0.218. The SMILES string of the molecule is CC1CCNC(C)(C)CN1Cc1cncs1. The maximum atomic E-state index is 4.15. The molecule has 1 aromatic heterocycles. The van der Waals surface area contributed by atoms with E-state index in [1.54, 1.807) is 11.3 Å². The van der Waals surface area contributed by atoms with Gasteiger partial charge in [0.25, 0.3) is 0 Å². The third-order valence-electron chi connectivity index (χ3n) is 3.23. The van der Waals surface area contributed by atoms with Crippen LogP contribution in [0.5, 0.6) is 0 Å². The molecule has 0 saturated carbocycles. The Morgan fingerprint density at radius 3 is 3.12 bits per heavy atom. The molecule has 1 aliphatic heterocycles. The highest BCUT2D eigenvalue weighted by Crippen LogP contribution is 2.19. The minimum atomic E-state index is 0.218. The molecule has 0 spiro atoms. The fraction of sp³-hybridized carbons (Fsp3) is 0.750. The van der Waals surface area contributed by atoms with Crippen LogP contribution in [-0.2, 0) is 6.54 Å². The average Bonchev–Trinajstić information content (AvgIpc) is 2.64. The van der Waals surface area contributed by atoms with Crippen LogP contribution in [0.25, 0.3) is 0 Å². The van der Waals surface area contributed by atoms with Gasteiger partial charge in [-0.3, -0.25) is 9.88 Å². The fourth-order valence-corrected chi connectivity index (χ4v) is 2.87. The van der Waals surface area contributed by atoms with Crippen LogP contribution in [0, 0.1) is 0 Å². The van der Waals surface area contributed by atoms with Crippen molar-refractivity contribution in [1.82, 2.24) is 15.2 Å². The summed E-state index contributed by atoms with van der Waals surface area (Å²) in [4.78, 5) is 8.08. The summed E-state index contributed by atoms with van der Waals surface area (Å²) in [7, 11) is 0. The zero-order valence-corrected chi connectivity index (χ0v) is 11.2. The Labute approximate surface area is 102 Å². The van der Waals surface area contributed by atoms with Gasteiger partial charge in [0.1, 0.15) is 0 Å². The van der Waals surface area contributed by atoms with Gasteiger partial charge in [0, 0.05) is 35.7 Å². The molecule has 1 fully saturated rings. The zero-order valence-electron chi connectivity index (χ0n) is 10.4. The third kappa shape index (κ3) is 3.03. The zero-order chi connectivity index (χ0) is 11.6. The lowest BCUT2D eigenvalue weighted by molar-refractivity contribution is 0.174. The van der Waals surface area contributed by atoms with Gasteiger partial charge in [-0.25, -0.2) is 0 Å². The van der Waals surface area contributed by atoms with Gasteiger partial charge in [-0.2, -0.15) is 0 Å². The molecule has 1 aliphatic rings. The molecular formula is C12H21N3S. The van der Waals surface area contributed by atoms with E-state index in [2.05, 4.69) is 36.0 Å². The van der Waals surface area contributed by atoms with Gasteiger partial charge >= 0.3 is 0 Å². The maximum absolute atomic E-state index is 4.15. The van der Waals surface area contributed by atoms with Crippen LogP contribution in [0.15, 0.2) is 11.7 Å². The molecule has 0 aromatic carbocycles. The topological polar surface area (TPSA) is 28.2 Å². The van der Waals surface area contributed by atoms with E-state index in [-0.39, 0.29) is 5.54 Å². The van der Waals surface area contributed by atoms with Crippen molar-refractivity contribution in [2.24, 2.45) is 0 Å². The molecule has 1 aromatic rings. The third-order valence-corrected chi connectivity index (χ3v) is 3.99. The molecular weight excluding hydrogens is 218 g/mol. The Kier molecular flexibility index (Phi) is 3.62. The lowest BCUT2D eigenvalue weighted by Gasteiger charge is -2.32. The van der Waals surface area contributed by atoms with Crippen molar-refractivity contribution in [2.45, 2.75) is 45.3 Å². The van der Waals surface area contributed by atoms with E-state index in [1.807, 2.05) is 11.7 Å². The number of nitrogens with zero attached hydrogens (tertiary/aromatic N) is 2. The van der Waals surface area contributed by atoms with E-state index in [9.17, 15) is 0 Å². The summed E-state index contributed by atoms with van der Waals surface area (Å²) in [5, 5.41) is 3.61. The van der Waals surface area contributed by atoms with E-state index in [4.69, 9.17) is 0 Å². The van der Waals surface area contributed by atoms with Crippen molar-refractivity contribution in [3.8, 4) is 0 Å². The summed E-state index contributed by atoms with van der Waals surface area (Å²) >= 11 is 1.75. The second-order valence-corrected chi connectivity index (χ2v) is 6.29. The van der Waals surface area contributed by atoms with E-state index in [0.29, 0.717) is 6.04 Å². The predicted molar refractivity (Wildman–Crippen MR) is 68.7 cm³/mol. The van der Waals surface area contributed by atoms with Crippen LogP contribution in [0.2, 0.25) is 0 Å². The normalized spacial score (nSPS) is 26.6. The number of rotatable bonds is 2. The Balaban J connectivity index is 2.05. The minimum Gasteiger partial charge on any atom is -0.310 e. The van der Waals surface area contributed by atoms with Crippen LogP contribution >= 0.6 is 11.3 Å². The fourth-order valence-electron chi connectivity index (χ4n) is 2.25. The average molecular weight is 239 g/mol. The first-order chi connectivity index (χ1) is 7.57. The summed E-state index contributed by atoms with van der Waals surface area (Å²) in [5.41, 5.74) is 2.14. The second-order valence-electron chi connectivity index (χ2n) is 5.32. The first-order valence-corrected chi connectivity index (χ1v) is 6.81. The lowest BCUT2D eigenvalue weighted by Crippen LogP contribution is -2.47. The maximum Gasteiger partial charge on any atom is 0.0794 e. The summed E-state index contributed by atoms with van der Waals surface area (Å²) in [6.45, 7) is 10.1. The monoisotopic (exact) mass is 239 g/mol. The lowest BCUT2D eigenvalue weighted by atomic mass is 10.1.